The average Bonchev–Trinajstić information content (AvgIpc) is 3.58. The Hall–Kier alpha value is -4.43. The quantitative estimate of drug-likeness (QED) is 0.286. The second kappa shape index (κ2) is 9.46. The molecule has 7 nitrogen and oxygen atoms in total. The fourth-order valence-corrected chi connectivity index (χ4v) is 5.41. The van der Waals surface area contributed by atoms with Crippen molar-refractivity contribution in [2.24, 2.45) is 0 Å². The molecule has 0 amide bonds. The molecule has 6 heterocycles. The lowest BCUT2D eigenvalue weighted by atomic mass is 10.0. The SMILES string of the molecule is Fc1ccc(-c2ccnc3[nH]c(-c4n[nH]c5ncc(-c6cncc(CN7CCCCC7)c6)cc45)cc23)cc1. The molecule has 0 radical (unpaired) electrons. The normalized spacial score (nSPS) is 14.4. The highest BCUT2D eigenvalue weighted by molar-refractivity contribution is 5.99. The van der Waals surface area contributed by atoms with Crippen molar-refractivity contribution in [1.82, 2.24) is 35.0 Å². The molecule has 1 saturated heterocycles. The number of nitrogens with one attached hydrogen (secondary N) is 2. The molecule has 0 unspecified atom stereocenters. The minimum atomic E-state index is -0.257. The summed E-state index contributed by atoms with van der Waals surface area (Å²) in [5.74, 6) is -0.257. The van der Waals surface area contributed by atoms with Crippen LogP contribution in [0.1, 0.15) is 24.8 Å². The van der Waals surface area contributed by atoms with Crippen molar-refractivity contribution in [3.05, 3.63) is 84.7 Å². The Morgan fingerprint density at radius 2 is 1.63 bits per heavy atom. The minimum absolute atomic E-state index is 0.257. The number of hydrogen-bond acceptors (Lipinski definition) is 5. The number of likely N-dealkylation sites (tertiary alicyclic amines) is 1. The summed E-state index contributed by atoms with van der Waals surface area (Å²) in [7, 11) is 0. The van der Waals surface area contributed by atoms with Crippen molar-refractivity contribution in [3.63, 3.8) is 0 Å². The monoisotopic (exact) mass is 503 g/mol. The van der Waals surface area contributed by atoms with Gasteiger partial charge in [0, 0.05) is 53.2 Å². The van der Waals surface area contributed by atoms with Gasteiger partial charge < -0.3 is 4.98 Å². The second-order valence-electron chi connectivity index (χ2n) is 9.92. The van der Waals surface area contributed by atoms with Crippen molar-refractivity contribution in [2.75, 3.05) is 13.1 Å². The highest BCUT2D eigenvalue weighted by atomic mass is 19.1. The van der Waals surface area contributed by atoms with Crippen molar-refractivity contribution in [1.29, 1.82) is 0 Å². The molecule has 5 aromatic heterocycles. The lowest BCUT2D eigenvalue weighted by Crippen LogP contribution is -2.29. The number of pyridine rings is 3. The first kappa shape index (κ1) is 22.7. The third-order valence-corrected chi connectivity index (χ3v) is 7.34. The highest BCUT2D eigenvalue weighted by Gasteiger charge is 2.16. The van der Waals surface area contributed by atoms with Crippen LogP contribution >= 0.6 is 0 Å². The van der Waals surface area contributed by atoms with Gasteiger partial charge in [0.15, 0.2) is 5.65 Å². The van der Waals surface area contributed by atoms with Gasteiger partial charge in [0.1, 0.15) is 17.2 Å². The molecule has 6 aromatic rings. The van der Waals surface area contributed by atoms with Gasteiger partial charge in [-0.15, -0.1) is 0 Å². The second-order valence-corrected chi connectivity index (χ2v) is 9.92. The van der Waals surface area contributed by atoms with Crippen molar-refractivity contribution >= 4 is 22.1 Å². The first-order valence-electron chi connectivity index (χ1n) is 13.0. The van der Waals surface area contributed by atoms with Crippen molar-refractivity contribution < 1.29 is 4.39 Å². The van der Waals surface area contributed by atoms with Gasteiger partial charge in [-0.1, -0.05) is 18.6 Å². The summed E-state index contributed by atoms with van der Waals surface area (Å²) in [5, 5.41) is 9.51. The molecule has 0 saturated carbocycles. The summed E-state index contributed by atoms with van der Waals surface area (Å²) < 4.78 is 13.5. The maximum atomic E-state index is 13.5. The lowest BCUT2D eigenvalue weighted by Gasteiger charge is -2.26. The molecule has 1 fully saturated rings. The molecule has 188 valence electrons. The van der Waals surface area contributed by atoms with Crippen LogP contribution in [0.4, 0.5) is 4.39 Å². The van der Waals surface area contributed by atoms with E-state index in [1.807, 2.05) is 30.7 Å². The van der Waals surface area contributed by atoms with Gasteiger partial charge in [0.05, 0.1) is 5.69 Å². The summed E-state index contributed by atoms with van der Waals surface area (Å²) >= 11 is 0. The number of halogens is 1. The Bertz CT molecular complexity index is 1750. The van der Waals surface area contributed by atoms with Crippen LogP contribution in [0.5, 0.6) is 0 Å². The van der Waals surface area contributed by atoms with Crippen molar-refractivity contribution in [2.45, 2.75) is 25.8 Å². The molecule has 0 bridgehead atoms. The zero-order valence-corrected chi connectivity index (χ0v) is 20.8. The van der Waals surface area contributed by atoms with Gasteiger partial charge in [-0.25, -0.2) is 14.4 Å². The van der Waals surface area contributed by atoms with Gasteiger partial charge in [-0.05, 0) is 79.0 Å². The number of H-pyrrole nitrogens is 2. The van der Waals surface area contributed by atoms with E-state index in [0.717, 1.165) is 69.7 Å². The van der Waals surface area contributed by atoms with Crippen LogP contribution in [0.2, 0.25) is 0 Å². The third-order valence-electron chi connectivity index (χ3n) is 7.34. The van der Waals surface area contributed by atoms with E-state index in [-0.39, 0.29) is 5.82 Å². The van der Waals surface area contributed by atoms with Crippen LogP contribution in [-0.2, 0) is 6.54 Å². The molecule has 0 atom stereocenters. The molecule has 2 N–H and O–H groups in total. The molecule has 1 aliphatic rings. The topological polar surface area (TPSA) is 86.4 Å². The number of aromatic nitrogens is 6. The molecule has 38 heavy (non-hydrogen) atoms. The number of fused-ring (bicyclic) bond motifs is 2. The molecule has 0 aliphatic carbocycles. The van der Waals surface area contributed by atoms with E-state index in [1.165, 1.54) is 37.0 Å². The van der Waals surface area contributed by atoms with E-state index in [2.05, 4.69) is 47.2 Å². The van der Waals surface area contributed by atoms with E-state index < -0.39 is 0 Å². The lowest BCUT2D eigenvalue weighted by molar-refractivity contribution is 0.220. The van der Waals surface area contributed by atoms with Crippen LogP contribution < -0.4 is 0 Å². The summed E-state index contributed by atoms with van der Waals surface area (Å²) in [6.07, 6.45) is 11.3. The van der Waals surface area contributed by atoms with E-state index in [1.54, 1.807) is 18.3 Å². The Morgan fingerprint density at radius 1 is 0.789 bits per heavy atom. The van der Waals surface area contributed by atoms with Crippen molar-refractivity contribution in [3.8, 4) is 33.6 Å². The zero-order chi connectivity index (χ0) is 25.5. The highest BCUT2D eigenvalue weighted by Crippen LogP contribution is 2.34. The summed E-state index contributed by atoms with van der Waals surface area (Å²) in [6, 6.07) is 14.8. The largest absolute Gasteiger partial charge is 0.338 e. The predicted molar refractivity (Wildman–Crippen MR) is 147 cm³/mol. The molecule has 7 rings (SSSR count). The standard InChI is InChI=1S/C30H26FN7/c31-23-6-4-20(5-7-23)24-8-9-33-29-25(24)14-27(35-29)28-26-13-22(17-34-30(26)37-36-28)21-12-19(15-32-16-21)18-38-10-2-1-3-11-38/h4-9,12-17H,1-3,10-11,18H2,(H,33,35)(H,34,36,37). The molecule has 8 heteroatoms. The molecular formula is C30H26FN7. The Balaban J connectivity index is 1.25. The molecular weight excluding hydrogens is 477 g/mol. The fraction of sp³-hybridized carbons (Fsp3) is 0.200. The maximum absolute atomic E-state index is 13.5. The third kappa shape index (κ3) is 4.22. The van der Waals surface area contributed by atoms with Crippen LogP contribution in [0.15, 0.2) is 73.3 Å². The van der Waals surface area contributed by atoms with Crippen LogP contribution in [-0.4, -0.2) is 48.1 Å². The minimum Gasteiger partial charge on any atom is -0.338 e. The van der Waals surface area contributed by atoms with Crippen LogP contribution in [0.25, 0.3) is 55.7 Å². The van der Waals surface area contributed by atoms with E-state index >= 15 is 0 Å². The number of piperidine rings is 1. The maximum Gasteiger partial charge on any atom is 0.155 e. The van der Waals surface area contributed by atoms with E-state index in [0.29, 0.717) is 5.65 Å². The number of aromatic amines is 2. The van der Waals surface area contributed by atoms with Gasteiger partial charge in [0.2, 0.25) is 0 Å². The first-order valence-corrected chi connectivity index (χ1v) is 13.0. The summed E-state index contributed by atoms with van der Waals surface area (Å²) in [4.78, 5) is 19.6. The molecule has 0 spiro atoms. The summed E-state index contributed by atoms with van der Waals surface area (Å²) in [5.41, 5.74) is 8.23. The Labute approximate surface area is 218 Å². The number of nitrogens with zero attached hydrogens (tertiary/aromatic N) is 5. The predicted octanol–water partition coefficient (Wildman–Crippen LogP) is 6.36. The fourth-order valence-electron chi connectivity index (χ4n) is 5.41. The zero-order valence-electron chi connectivity index (χ0n) is 20.8. The Morgan fingerprint density at radius 3 is 2.50 bits per heavy atom. The summed E-state index contributed by atoms with van der Waals surface area (Å²) in [6.45, 7) is 3.22. The molecule has 1 aromatic carbocycles. The van der Waals surface area contributed by atoms with E-state index in [9.17, 15) is 4.39 Å². The number of benzene rings is 1. The van der Waals surface area contributed by atoms with Crippen LogP contribution in [0, 0.1) is 5.82 Å². The average molecular weight is 504 g/mol. The van der Waals surface area contributed by atoms with E-state index in [4.69, 9.17) is 0 Å². The smallest absolute Gasteiger partial charge is 0.155 e. The van der Waals surface area contributed by atoms with Crippen LogP contribution in [0.3, 0.4) is 0 Å². The number of rotatable bonds is 5. The van der Waals surface area contributed by atoms with Gasteiger partial charge in [0.25, 0.3) is 0 Å². The number of hydrogen-bond donors (Lipinski definition) is 2. The Kier molecular flexibility index (Phi) is 5.66. The molecule has 1 aliphatic heterocycles. The first-order chi connectivity index (χ1) is 18.7. The van der Waals surface area contributed by atoms with Gasteiger partial charge >= 0.3 is 0 Å². The van der Waals surface area contributed by atoms with Gasteiger partial charge in [-0.2, -0.15) is 5.10 Å². The van der Waals surface area contributed by atoms with Gasteiger partial charge in [-0.3, -0.25) is 15.0 Å².